The molecule has 0 bridgehead atoms. The number of amides is 1. The van der Waals surface area contributed by atoms with E-state index in [4.69, 9.17) is 27.9 Å². The van der Waals surface area contributed by atoms with Crippen LogP contribution in [0.2, 0.25) is 10.0 Å². The fourth-order valence-corrected chi connectivity index (χ4v) is 2.32. The second-order valence-electron chi connectivity index (χ2n) is 4.57. The zero-order valence-corrected chi connectivity index (χ0v) is 12.1. The van der Waals surface area contributed by atoms with Crippen molar-refractivity contribution in [3.05, 3.63) is 22.2 Å². The van der Waals surface area contributed by atoms with Crippen LogP contribution in [0.5, 0.6) is 5.75 Å². The van der Waals surface area contributed by atoms with Crippen molar-refractivity contribution in [2.45, 2.75) is 12.8 Å². The number of carbonyl (C=O) groups excluding carboxylic acids is 1. The molecule has 0 aromatic heterocycles. The van der Waals surface area contributed by atoms with Gasteiger partial charge >= 0.3 is 0 Å². The van der Waals surface area contributed by atoms with E-state index in [9.17, 15) is 4.79 Å². The summed E-state index contributed by atoms with van der Waals surface area (Å²) in [6.45, 7) is 0.969. The van der Waals surface area contributed by atoms with Crippen molar-refractivity contribution in [2.24, 2.45) is 5.92 Å². The Morgan fingerprint density at radius 1 is 1.37 bits per heavy atom. The molecule has 104 valence electrons. The minimum Gasteiger partial charge on any atom is -0.494 e. The lowest BCUT2D eigenvalue weighted by atomic mass is 10.3. The van der Waals surface area contributed by atoms with Gasteiger partial charge < -0.3 is 15.4 Å². The molecule has 1 fully saturated rings. The molecule has 0 heterocycles. The molecule has 19 heavy (non-hydrogen) atoms. The Morgan fingerprint density at radius 2 is 2.00 bits per heavy atom. The number of halogens is 2. The summed E-state index contributed by atoms with van der Waals surface area (Å²) in [5.41, 5.74) is 0.692. The van der Waals surface area contributed by atoms with Gasteiger partial charge in [-0.15, -0.1) is 0 Å². The van der Waals surface area contributed by atoms with Crippen LogP contribution in [0.15, 0.2) is 12.1 Å². The number of benzene rings is 1. The van der Waals surface area contributed by atoms with Crippen LogP contribution in [0.3, 0.4) is 0 Å². The van der Waals surface area contributed by atoms with Gasteiger partial charge in [0, 0.05) is 12.2 Å². The van der Waals surface area contributed by atoms with Gasteiger partial charge in [-0.2, -0.15) is 0 Å². The van der Waals surface area contributed by atoms with E-state index in [0.717, 1.165) is 6.54 Å². The Balaban J connectivity index is 1.86. The van der Waals surface area contributed by atoms with E-state index in [1.54, 1.807) is 12.1 Å². The van der Waals surface area contributed by atoms with Gasteiger partial charge in [0.05, 0.1) is 23.7 Å². The maximum absolute atomic E-state index is 11.6. The molecule has 0 saturated heterocycles. The molecule has 0 radical (unpaired) electrons. The number of anilines is 1. The normalized spacial score (nSPS) is 14.1. The van der Waals surface area contributed by atoms with Crippen LogP contribution in [0, 0.1) is 5.92 Å². The van der Waals surface area contributed by atoms with Gasteiger partial charge in [0.1, 0.15) is 0 Å². The van der Waals surface area contributed by atoms with Crippen LogP contribution in [-0.2, 0) is 4.79 Å². The summed E-state index contributed by atoms with van der Waals surface area (Å²) < 4.78 is 5.06. The average Bonchev–Trinajstić information content (AvgIpc) is 3.17. The minimum atomic E-state index is -0.0324. The molecule has 1 amide bonds. The van der Waals surface area contributed by atoms with Crippen molar-refractivity contribution in [3.8, 4) is 5.75 Å². The van der Waals surface area contributed by atoms with E-state index in [0.29, 0.717) is 27.4 Å². The molecule has 1 aromatic rings. The lowest BCUT2D eigenvalue weighted by Gasteiger charge is -2.11. The molecule has 4 nitrogen and oxygen atoms in total. The quantitative estimate of drug-likeness (QED) is 0.849. The fraction of sp³-hybridized carbons (Fsp3) is 0.462. The molecule has 0 unspecified atom stereocenters. The van der Waals surface area contributed by atoms with Gasteiger partial charge in [-0.25, -0.2) is 0 Å². The van der Waals surface area contributed by atoms with Crippen LogP contribution in [0.4, 0.5) is 5.69 Å². The van der Waals surface area contributed by atoms with Crippen molar-refractivity contribution in [2.75, 3.05) is 25.5 Å². The van der Waals surface area contributed by atoms with Gasteiger partial charge in [0.15, 0.2) is 5.75 Å². The third kappa shape index (κ3) is 4.18. The Labute approximate surface area is 122 Å². The Bertz CT molecular complexity index is 453. The molecule has 1 aromatic carbocycles. The first-order valence-corrected chi connectivity index (χ1v) is 6.89. The molecule has 6 heteroatoms. The third-order valence-electron chi connectivity index (χ3n) is 2.94. The molecule has 1 aliphatic rings. The zero-order chi connectivity index (χ0) is 13.8. The standard InChI is InChI=1S/C13H16Cl2N2O2/c1-19-13-10(14)4-9(5-11(13)15)16-7-12(18)17-6-8-2-3-8/h4-5,8,16H,2-3,6-7H2,1H3,(H,17,18). The van der Waals surface area contributed by atoms with Crippen LogP contribution in [-0.4, -0.2) is 26.1 Å². The predicted molar refractivity (Wildman–Crippen MR) is 77.2 cm³/mol. The highest BCUT2D eigenvalue weighted by atomic mass is 35.5. The van der Waals surface area contributed by atoms with E-state index in [1.807, 2.05) is 0 Å². The second-order valence-corrected chi connectivity index (χ2v) is 5.39. The zero-order valence-electron chi connectivity index (χ0n) is 10.6. The summed E-state index contributed by atoms with van der Waals surface area (Å²) in [6, 6.07) is 3.36. The van der Waals surface area contributed by atoms with Crippen molar-refractivity contribution in [3.63, 3.8) is 0 Å². The molecule has 1 aliphatic carbocycles. The van der Waals surface area contributed by atoms with Crippen LogP contribution in [0.1, 0.15) is 12.8 Å². The molecule has 1 saturated carbocycles. The van der Waals surface area contributed by atoms with Crippen LogP contribution >= 0.6 is 23.2 Å². The van der Waals surface area contributed by atoms with Crippen LogP contribution in [0.25, 0.3) is 0 Å². The van der Waals surface area contributed by atoms with E-state index in [1.165, 1.54) is 20.0 Å². The van der Waals surface area contributed by atoms with E-state index >= 15 is 0 Å². The summed E-state index contributed by atoms with van der Waals surface area (Å²) in [5.74, 6) is 1.08. The highest BCUT2D eigenvalue weighted by molar-refractivity contribution is 6.37. The maximum Gasteiger partial charge on any atom is 0.239 e. The highest BCUT2D eigenvalue weighted by Crippen LogP contribution is 2.35. The lowest BCUT2D eigenvalue weighted by molar-refractivity contribution is -0.119. The summed E-state index contributed by atoms with van der Waals surface area (Å²) in [7, 11) is 1.51. The molecular formula is C13H16Cl2N2O2. The van der Waals surface area contributed by atoms with Crippen molar-refractivity contribution >= 4 is 34.8 Å². The largest absolute Gasteiger partial charge is 0.494 e. The number of hydrogen-bond acceptors (Lipinski definition) is 3. The summed E-state index contributed by atoms with van der Waals surface area (Å²) in [4.78, 5) is 11.6. The van der Waals surface area contributed by atoms with Crippen LogP contribution < -0.4 is 15.4 Å². The van der Waals surface area contributed by atoms with Gasteiger partial charge in [0.2, 0.25) is 5.91 Å². The van der Waals surface area contributed by atoms with Gasteiger partial charge in [-0.3, -0.25) is 4.79 Å². The summed E-state index contributed by atoms with van der Waals surface area (Å²) in [6.07, 6.45) is 2.44. The highest BCUT2D eigenvalue weighted by Gasteiger charge is 2.21. The van der Waals surface area contributed by atoms with Gasteiger partial charge in [0.25, 0.3) is 0 Å². The average molecular weight is 303 g/mol. The lowest BCUT2D eigenvalue weighted by Crippen LogP contribution is -2.31. The minimum absolute atomic E-state index is 0.0324. The summed E-state index contributed by atoms with van der Waals surface area (Å²) >= 11 is 12.0. The number of hydrogen-bond donors (Lipinski definition) is 2. The number of carbonyl (C=O) groups is 1. The maximum atomic E-state index is 11.6. The predicted octanol–water partition coefficient (Wildman–Crippen LogP) is 2.94. The second kappa shape index (κ2) is 6.35. The van der Waals surface area contributed by atoms with Gasteiger partial charge in [-0.05, 0) is 30.9 Å². The molecule has 2 rings (SSSR count). The topological polar surface area (TPSA) is 50.4 Å². The number of methoxy groups -OCH3 is 1. The smallest absolute Gasteiger partial charge is 0.239 e. The molecular weight excluding hydrogens is 287 g/mol. The number of ether oxygens (including phenoxy) is 1. The third-order valence-corrected chi connectivity index (χ3v) is 3.50. The SMILES string of the molecule is COc1c(Cl)cc(NCC(=O)NCC2CC2)cc1Cl. The molecule has 0 aliphatic heterocycles. The molecule has 0 spiro atoms. The van der Waals surface area contributed by atoms with Crippen molar-refractivity contribution in [1.82, 2.24) is 5.32 Å². The molecule has 2 N–H and O–H groups in total. The first-order valence-electron chi connectivity index (χ1n) is 6.13. The fourth-order valence-electron chi connectivity index (χ4n) is 1.68. The van der Waals surface area contributed by atoms with E-state index in [2.05, 4.69) is 10.6 Å². The van der Waals surface area contributed by atoms with Crippen molar-refractivity contribution in [1.29, 1.82) is 0 Å². The summed E-state index contributed by atoms with van der Waals surface area (Å²) in [5, 5.41) is 6.69. The monoisotopic (exact) mass is 302 g/mol. The first-order chi connectivity index (χ1) is 9.10. The Kier molecular flexibility index (Phi) is 4.77. The van der Waals surface area contributed by atoms with E-state index in [-0.39, 0.29) is 12.5 Å². The molecule has 0 atom stereocenters. The van der Waals surface area contributed by atoms with Crippen molar-refractivity contribution < 1.29 is 9.53 Å². The Hall–Kier alpha value is -1.13. The number of rotatable bonds is 6. The van der Waals surface area contributed by atoms with E-state index < -0.39 is 0 Å². The Morgan fingerprint density at radius 3 is 2.53 bits per heavy atom. The number of nitrogens with one attached hydrogen (secondary N) is 2. The van der Waals surface area contributed by atoms with Gasteiger partial charge in [-0.1, -0.05) is 23.2 Å². The first kappa shape index (κ1) is 14.3.